The molecule has 21 heavy (non-hydrogen) atoms. The Hall–Kier alpha value is -2.62. The van der Waals surface area contributed by atoms with E-state index in [1.807, 2.05) is 30.3 Å². The largest absolute Gasteiger partial charge is 0.462 e. The quantitative estimate of drug-likeness (QED) is 0.879. The van der Waals surface area contributed by atoms with Gasteiger partial charge in [-0.3, -0.25) is 4.99 Å². The lowest BCUT2D eigenvalue weighted by Gasteiger charge is -2.07. The lowest BCUT2D eigenvalue weighted by Crippen LogP contribution is -2.10. The molecule has 0 fully saturated rings. The van der Waals surface area contributed by atoms with Gasteiger partial charge in [-0.05, 0) is 41.8 Å². The molecule has 1 heterocycles. The minimum atomic E-state index is -0.298. The second-order valence-corrected chi connectivity index (χ2v) is 4.87. The second-order valence-electron chi connectivity index (χ2n) is 4.87. The monoisotopic (exact) mass is 280 g/mol. The van der Waals surface area contributed by atoms with Gasteiger partial charge in [0, 0.05) is 5.56 Å². The summed E-state index contributed by atoms with van der Waals surface area (Å²) in [6.07, 6.45) is 0. The molecule has 106 valence electrons. The number of fused-ring (bicyclic) bond motifs is 1. The van der Waals surface area contributed by atoms with E-state index >= 15 is 0 Å². The van der Waals surface area contributed by atoms with Crippen molar-refractivity contribution < 1.29 is 9.53 Å². The van der Waals surface area contributed by atoms with Crippen molar-refractivity contribution in [3.63, 3.8) is 0 Å². The Balaban J connectivity index is 1.95. The summed E-state index contributed by atoms with van der Waals surface area (Å²) in [5.74, 6) is 0.296. The van der Waals surface area contributed by atoms with Crippen LogP contribution in [-0.2, 0) is 11.3 Å². The zero-order valence-electron chi connectivity index (χ0n) is 11.8. The van der Waals surface area contributed by atoms with Crippen molar-refractivity contribution in [2.45, 2.75) is 13.5 Å². The normalized spacial score (nSPS) is 12.7. The predicted octanol–water partition coefficient (Wildman–Crippen LogP) is 2.75. The fourth-order valence-corrected chi connectivity index (χ4v) is 2.45. The van der Waals surface area contributed by atoms with Gasteiger partial charge >= 0.3 is 5.97 Å². The molecule has 4 nitrogen and oxygen atoms in total. The average Bonchev–Trinajstić information content (AvgIpc) is 2.88. The van der Waals surface area contributed by atoms with Crippen LogP contribution >= 0.6 is 0 Å². The summed E-state index contributed by atoms with van der Waals surface area (Å²) in [5, 5.41) is 0. The Morgan fingerprint density at radius 3 is 2.86 bits per heavy atom. The number of nitrogens with zero attached hydrogens (tertiary/aromatic N) is 1. The first-order valence-corrected chi connectivity index (χ1v) is 6.90. The fourth-order valence-electron chi connectivity index (χ4n) is 2.45. The first-order valence-electron chi connectivity index (χ1n) is 6.90. The lowest BCUT2D eigenvalue weighted by atomic mass is 9.98. The van der Waals surface area contributed by atoms with E-state index in [1.54, 1.807) is 13.0 Å². The molecular weight excluding hydrogens is 264 g/mol. The molecule has 0 bridgehead atoms. The number of rotatable bonds is 3. The number of ether oxygens (including phenoxy) is 1. The van der Waals surface area contributed by atoms with E-state index in [4.69, 9.17) is 10.5 Å². The van der Waals surface area contributed by atoms with Crippen LogP contribution in [0.4, 0.5) is 0 Å². The van der Waals surface area contributed by atoms with Crippen molar-refractivity contribution in [3.05, 3.63) is 59.2 Å². The molecule has 4 heteroatoms. The van der Waals surface area contributed by atoms with E-state index in [-0.39, 0.29) is 5.97 Å². The van der Waals surface area contributed by atoms with Gasteiger partial charge in [-0.2, -0.15) is 0 Å². The number of carbonyl (C=O) groups is 1. The summed E-state index contributed by atoms with van der Waals surface area (Å²) in [6.45, 7) is 2.79. The first-order chi connectivity index (χ1) is 10.2. The van der Waals surface area contributed by atoms with Crippen molar-refractivity contribution in [3.8, 4) is 11.1 Å². The molecule has 0 radical (unpaired) electrons. The Labute approximate surface area is 123 Å². The Morgan fingerprint density at radius 1 is 1.24 bits per heavy atom. The van der Waals surface area contributed by atoms with Crippen LogP contribution in [0.5, 0.6) is 0 Å². The van der Waals surface area contributed by atoms with Crippen LogP contribution in [0.2, 0.25) is 0 Å². The highest BCUT2D eigenvalue weighted by atomic mass is 16.5. The highest BCUT2D eigenvalue weighted by Crippen LogP contribution is 2.26. The zero-order chi connectivity index (χ0) is 14.8. The number of aliphatic imine (C=N–C) groups is 1. The highest BCUT2D eigenvalue weighted by Gasteiger charge is 2.14. The van der Waals surface area contributed by atoms with Crippen LogP contribution in [0.15, 0.2) is 47.5 Å². The molecule has 3 rings (SSSR count). The van der Waals surface area contributed by atoms with Crippen LogP contribution in [0.3, 0.4) is 0 Å². The van der Waals surface area contributed by atoms with Crippen LogP contribution in [0.1, 0.15) is 28.4 Å². The van der Waals surface area contributed by atoms with Crippen molar-refractivity contribution in [2.24, 2.45) is 10.7 Å². The molecular formula is C17H16N2O2. The SMILES string of the molecule is CCOC(=O)c1cccc(-c2ccc3c(c2)CN=C3N)c1. The van der Waals surface area contributed by atoms with Gasteiger partial charge in [0.2, 0.25) is 0 Å². The van der Waals surface area contributed by atoms with Gasteiger partial charge in [-0.15, -0.1) is 0 Å². The van der Waals surface area contributed by atoms with Gasteiger partial charge in [0.25, 0.3) is 0 Å². The number of benzene rings is 2. The van der Waals surface area contributed by atoms with E-state index in [0.717, 1.165) is 22.3 Å². The number of amidine groups is 1. The van der Waals surface area contributed by atoms with Crippen molar-refractivity contribution in [2.75, 3.05) is 6.61 Å². The minimum Gasteiger partial charge on any atom is -0.462 e. The maximum Gasteiger partial charge on any atom is 0.338 e. The molecule has 0 atom stereocenters. The van der Waals surface area contributed by atoms with Crippen LogP contribution in [0.25, 0.3) is 11.1 Å². The standard InChI is InChI=1S/C17H16N2O2/c1-2-21-17(20)13-5-3-4-11(8-13)12-6-7-15-14(9-12)10-19-16(15)18/h3-9H,2,10H2,1H3,(H2,18,19). The number of nitrogens with two attached hydrogens (primary N) is 1. The molecule has 0 saturated carbocycles. The van der Waals surface area contributed by atoms with Gasteiger partial charge < -0.3 is 10.5 Å². The predicted molar refractivity (Wildman–Crippen MR) is 82.3 cm³/mol. The van der Waals surface area contributed by atoms with Gasteiger partial charge in [0.1, 0.15) is 5.84 Å². The molecule has 1 aliphatic heterocycles. The summed E-state index contributed by atoms with van der Waals surface area (Å²) in [7, 11) is 0. The van der Waals surface area contributed by atoms with Crippen molar-refractivity contribution in [1.82, 2.24) is 0 Å². The molecule has 0 spiro atoms. The number of esters is 1. The fraction of sp³-hybridized carbons (Fsp3) is 0.176. The molecule has 0 saturated heterocycles. The van der Waals surface area contributed by atoms with Crippen molar-refractivity contribution in [1.29, 1.82) is 0 Å². The van der Waals surface area contributed by atoms with Crippen LogP contribution < -0.4 is 5.73 Å². The Kier molecular flexibility index (Phi) is 3.44. The molecule has 2 aromatic rings. The topological polar surface area (TPSA) is 64.7 Å². The first kappa shape index (κ1) is 13.4. The van der Waals surface area contributed by atoms with Gasteiger partial charge in [-0.1, -0.05) is 24.3 Å². The van der Waals surface area contributed by atoms with Crippen LogP contribution in [-0.4, -0.2) is 18.4 Å². The zero-order valence-corrected chi connectivity index (χ0v) is 11.8. The van der Waals surface area contributed by atoms with E-state index in [2.05, 4.69) is 11.1 Å². The van der Waals surface area contributed by atoms with Gasteiger partial charge in [0.15, 0.2) is 0 Å². The Bertz CT molecular complexity index is 735. The Morgan fingerprint density at radius 2 is 2.05 bits per heavy atom. The second kappa shape index (κ2) is 5.40. The van der Waals surface area contributed by atoms with Crippen molar-refractivity contribution >= 4 is 11.8 Å². The van der Waals surface area contributed by atoms with E-state index in [9.17, 15) is 4.79 Å². The molecule has 2 aromatic carbocycles. The maximum absolute atomic E-state index is 11.8. The maximum atomic E-state index is 11.8. The molecule has 2 N–H and O–H groups in total. The third-order valence-corrected chi connectivity index (χ3v) is 3.51. The van der Waals surface area contributed by atoms with E-state index in [0.29, 0.717) is 24.6 Å². The molecule has 1 aliphatic rings. The van der Waals surface area contributed by atoms with E-state index in [1.165, 1.54) is 0 Å². The summed E-state index contributed by atoms with van der Waals surface area (Å²) >= 11 is 0. The minimum absolute atomic E-state index is 0.298. The molecule has 0 aromatic heterocycles. The summed E-state index contributed by atoms with van der Waals surface area (Å²) in [5.41, 5.74) is 10.5. The smallest absolute Gasteiger partial charge is 0.338 e. The number of hydrogen-bond acceptors (Lipinski definition) is 4. The lowest BCUT2D eigenvalue weighted by molar-refractivity contribution is 0.0526. The average molecular weight is 280 g/mol. The number of carbonyl (C=O) groups excluding carboxylic acids is 1. The number of hydrogen-bond donors (Lipinski definition) is 1. The molecule has 0 aliphatic carbocycles. The van der Waals surface area contributed by atoms with Gasteiger partial charge in [-0.25, -0.2) is 4.79 Å². The summed E-state index contributed by atoms with van der Waals surface area (Å²) in [4.78, 5) is 16.0. The van der Waals surface area contributed by atoms with Gasteiger partial charge in [0.05, 0.1) is 18.7 Å². The highest BCUT2D eigenvalue weighted by molar-refractivity contribution is 6.01. The molecule has 0 unspecified atom stereocenters. The third kappa shape index (κ3) is 2.52. The van der Waals surface area contributed by atoms with E-state index < -0.39 is 0 Å². The summed E-state index contributed by atoms with van der Waals surface area (Å²) < 4.78 is 5.03. The summed E-state index contributed by atoms with van der Waals surface area (Å²) in [6, 6.07) is 13.5. The third-order valence-electron chi connectivity index (χ3n) is 3.51. The molecule has 0 amide bonds. The van der Waals surface area contributed by atoms with Crippen LogP contribution in [0, 0.1) is 0 Å².